The van der Waals surface area contributed by atoms with Crippen molar-refractivity contribution in [3.8, 4) is 0 Å². The van der Waals surface area contributed by atoms with Crippen LogP contribution in [-0.4, -0.2) is 45.5 Å². The van der Waals surface area contributed by atoms with Crippen molar-refractivity contribution in [1.29, 1.82) is 0 Å². The van der Waals surface area contributed by atoms with Crippen LogP contribution in [0.15, 0.2) is 0 Å². The minimum Gasteiger partial charge on any atom is -0.359 e. The van der Waals surface area contributed by atoms with Crippen LogP contribution < -0.4 is 10.6 Å². The quantitative estimate of drug-likeness (QED) is 0.782. The van der Waals surface area contributed by atoms with Crippen LogP contribution in [0.1, 0.15) is 39.5 Å². The normalized spacial score (nSPS) is 25.1. The molecule has 5 nitrogen and oxygen atoms in total. The lowest BCUT2D eigenvalue weighted by atomic mass is 9.90. The van der Waals surface area contributed by atoms with E-state index in [0.717, 1.165) is 19.3 Å². The number of amides is 1. The summed E-state index contributed by atoms with van der Waals surface area (Å²) in [5.74, 6) is -0.00419. The Bertz CT molecular complexity index is 418. The van der Waals surface area contributed by atoms with E-state index in [4.69, 9.17) is 0 Å². The molecule has 6 heteroatoms. The van der Waals surface area contributed by atoms with Crippen LogP contribution in [0.3, 0.4) is 0 Å². The van der Waals surface area contributed by atoms with Gasteiger partial charge in [0.05, 0.1) is 10.7 Å². The van der Waals surface area contributed by atoms with E-state index in [-0.39, 0.29) is 17.2 Å². The average molecular weight is 290 g/mol. The molecule has 2 atom stereocenters. The Morgan fingerprint density at radius 2 is 1.95 bits per heavy atom. The minimum absolute atomic E-state index is 0.00419. The molecule has 19 heavy (non-hydrogen) atoms. The summed E-state index contributed by atoms with van der Waals surface area (Å²) in [5, 5.41) is 5.77. The first kappa shape index (κ1) is 16.4. The maximum absolute atomic E-state index is 11.7. The second kappa shape index (κ2) is 6.22. The van der Waals surface area contributed by atoms with Crippen molar-refractivity contribution in [1.82, 2.24) is 10.6 Å². The Morgan fingerprint density at radius 3 is 2.47 bits per heavy atom. The third kappa shape index (κ3) is 4.76. The molecule has 1 rings (SSSR count). The SMILES string of the molecule is CNC(=O)C(C)(C)CNC1CCCC(S(C)(=O)=O)C1. The first-order valence-electron chi connectivity index (χ1n) is 6.81. The fourth-order valence-corrected chi connectivity index (χ4v) is 3.71. The highest BCUT2D eigenvalue weighted by Gasteiger charge is 2.31. The van der Waals surface area contributed by atoms with Crippen molar-refractivity contribution in [2.24, 2.45) is 5.41 Å². The molecule has 0 aliphatic heterocycles. The smallest absolute Gasteiger partial charge is 0.226 e. The zero-order chi connectivity index (χ0) is 14.7. The molecule has 1 amide bonds. The number of nitrogens with one attached hydrogen (secondary N) is 2. The van der Waals surface area contributed by atoms with E-state index in [1.807, 2.05) is 13.8 Å². The molecule has 1 saturated carbocycles. The Hall–Kier alpha value is -0.620. The van der Waals surface area contributed by atoms with Crippen molar-refractivity contribution in [2.45, 2.75) is 50.8 Å². The summed E-state index contributed by atoms with van der Waals surface area (Å²) in [6.07, 6.45) is 4.64. The molecule has 0 heterocycles. The number of hydrogen-bond acceptors (Lipinski definition) is 4. The van der Waals surface area contributed by atoms with Gasteiger partial charge in [0.25, 0.3) is 0 Å². The molecular weight excluding hydrogens is 264 g/mol. The molecule has 0 aromatic heterocycles. The van der Waals surface area contributed by atoms with Gasteiger partial charge in [-0.25, -0.2) is 8.42 Å². The van der Waals surface area contributed by atoms with Crippen LogP contribution >= 0.6 is 0 Å². The number of sulfone groups is 1. The molecule has 0 spiro atoms. The Morgan fingerprint density at radius 1 is 1.32 bits per heavy atom. The van der Waals surface area contributed by atoms with Crippen LogP contribution in [-0.2, 0) is 14.6 Å². The molecule has 1 aliphatic rings. The molecule has 0 aromatic rings. The van der Waals surface area contributed by atoms with Crippen molar-refractivity contribution in [3.05, 3.63) is 0 Å². The predicted octanol–water partition coefficient (Wildman–Crippen LogP) is 0.704. The van der Waals surface area contributed by atoms with E-state index >= 15 is 0 Å². The van der Waals surface area contributed by atoms with Gasteiger partial charge in [0, 0.05) is 25.9 Å². The monoisotopic (exact) mass is 290 g/mol. The summed E-state index contributed by atoms with van der Waals surface area (Å²) in [4.78, 5) is 11.7. The second-order valence-electron chi connectivity index (χ2n) is 6.16. The lowest BCUT2D eigenvalue weighted by molar-refractivity contribution is -0.128. The first-order chi connectivity index (χ1) is 8.66. The van der Waals surface area contributed by atoms with Crippen LogP contribution in [0.4, 0.5) is 0 Å². The minimum atomic E-state index is -2.95. The van der Waals surface area contributed by atoms with Crippen molar-refractivity contribution >= 4 is 15.7 Å². The third-order valence-corrected chi connectivity index (χ3v) is 5.55. The third-order valence-electron chi connectivity index (χ3n) is 3.91. The fourth-order valence-electron chi connectivity index (χ4n) is 2.54. The van der Waals surface area contributed by atoms with Gasteiger partial charge >= 0.3 is 0 Å². The number of hydrogen-bond donors (Lipinski definition) is 2. The fraction of sp³-hybridized carbons (Fsp3) is 0.923. The topological polar surface area (TPSA) is 75.3 Å². The number of carbonyl (C=O) groups is 1. The summed E-state index contributed by atoms with van der Waals surface area (Å²) < 4.78 is 23.2. The highest BCUT2D eigenvalue weighted by Crippen LogP contribution is 2.24. The highest BCUT2D eigenvalue weighted by atomic mass is 32.2. The van der Waals surface area contributed by atoms with Crippen LogP contribution in [0, 0.1) is 5.41 Å². The van der Waals surface area contributed by atoms with Crippen LogP contribution in [0.5, 0.6) is 0 Å². The summed E-state index contributed by atoms with van der Waals surface area (Å²) in [7, 11) is -1.32. The summed E-state index contributed by atoms with van der Waals surface area (Å²) in [5.41, 5.74) is -0.479. The number of carbonyl (C=O) groups excluding carboxylic acids is 1. The predicted molar refractivity (Wildman–Crippen MR) is 76.7 cm³/mol. The zero-order valence-electron chi connectivity index (χ0n) is 12.3. The van der Waals surface area contributed by atoms with E-state index in [0.29, 0.717) is 13.0 Å². The van der Waals surface area contributed by atoms with Crippen molar-refractivity contribution in [2.75, 3.05) is 19.8 Å². The maximum atomic E-state index is 11.7. The average Bonchev–Trinajstić information content (AvgIpc) is 2.35. The maximum Gasteiger partial charge on any atom is 0.226 e. The highest BCUT2D eigenvalue weighted by molar-refractivity contribution is 7.91. The molecule has 1 fully saturated rings. The lowest BCUT2D eigenvalue weighted by Crippen LogP contribution is -2.47. The molecule has 0 aromatic carbocycles. The molecule has 1 aliphatic carbocycles. The summed E-state index contributed by atoms with van der Waals surface area (Å²) in [6.45, 7) is 4.33. The van der Waals surface area contributed by atoms with Gasteiger partial charge in [-0.15, -0.1) is 0 Å². The van der Waals surface area contributed by atoms with E-state index < -0.39 is 15.3 Å². The molecule has 2 unspecified atom stereocenters. The summed E-state index contributed by atoms with van der Waals surface area (Å²) >= 11 is 0. The van der Waals surface area contributed by atoms with E-state index in [2.05, 4.69) is 10.6 Å². The Balaban J connectivity index is 2.52. The van der Waals surface area contributed by atoms with Crippen molar-refractivity contribution in [3.63, 3.8) is 0 Å². The lowest BCUT2D eigenvalue weighted by Gasteiger charge is -2.32. The second-order valence-corrected chi connectivity index (χ2v) is 8.48. The van der Waals surface area contributed by atoms with Gasteiger partial charge in [-0.1, -0.05) is 6.42 Å². The zero-order valence-corrected chi connectivity index (χ0v) is 13.1. The molecular formula is C13H26N2O3S. The molecule has 2 N–H and O–H groups in total. The largest absolute Gasteiger partial charge is 0.359 e. The van der Waals surface area contributed by atoms with Crippen molar-refractivity contribution < 1.29 is 13.2 Å². The summed E-state index contributed by atoms with van der Waals surface area (Å²) in [6, 6.07) is 0.192. The van der Waals surface area contributed by atoms with Gasteiger partial charge in [0.1, 0.15) is 9.84 Å². The Labute approximate surface area is 116 Å². The number of rotatable bonds is 5. The Kier molecular flexibility index (Phi) is 5.38. The molecule has 0 saturated heterocycles. The molecule has 0 radical (unpaired) electrons. The van der Waals surface area contributed by atoms with Gasteiger partial charge in [-0.05, 0) is 33.1 Å². The first-order valence-corrected chi connectivity index (χ1v) is 8.76. The van der Waals surface area contributed by atoms with Gasteiger partial charge in [-0.3, -0.25) is 4.79 Å². The molecule has 112 valence electrons. The van der Waals surface area contributed by atoms with E-state index in [1.54, 1.807) is 7.05 Å². The van der Waals surface area contributed by atoms with Gasteiger partial charge in [0.15, 0.2) is 0 Å². The van der Waals surface area contributed by atoms with Crippen LogP contribution in [0.2, 0.25) is 0 Å². The van der Waals surface area contributed by atoms with E-state index in [1.165, 1.54) is 6.26 Å². The molecule has 0 bridgehead atoms. The van der Waals surface area contributed by atoms with Crippen LogP contribution in [0.25, 0.3) is 0 Å². The van der Waals surface area contributed by atoms with Gasteiger partial charge < -0.3 is 10.6 Å². The van der Waals surface area contributed by atoms with Gasteiger partial charge in [-0.2, -0.15) is 0 Å². The van der Waals surface area contributed by atoms with E-state index in [9.17, 15) is 13.2 Å². The standard InChI is InChI=1S/C13H26N2O3S/c1-13(2,12(16)14-3)9-15-10-6-5-7-11(8-10)19(4,17)18/h10-11,15H,5-9H2,1-4H3,(H,14,16). The van der Waals surface area contributed by atoms with Gasteiger partial charge in [0.2, 0.25) is 5.91 Å².